The van der Waals surface area contributed by atoms with Crippen molar-refractivity contribution in [1.29, 1.82) is 0 Å². The zero-order valence-corrected chi connectivity index (χ0v) is 22.3. The fourth-order valence-corrected chi connectivity index (χ4v) is 4.34. The number of nitrogens with zero attached hydrogens (tertiary/aromatic N) is 2. The van der Waals surface area contributed by atoms with Crippen molar-refractivity contribution in [2.45, 2.75) is 117 Å². The van der Waals surface area contributed by atoms with Crippen LogP contribution in [-0.4, -0.2) is 41.9 Å². The fraction of sp³-hybridized carbons (Fsp3) is 0.852. The minimum Gasteiger partial charge on any atom is -0.346 e. The van der Waals surface area contributed by atoms with E-state index in [1.807, 2.05) is 19.1 Å². The van der Waals surface area contributed by atoms with Crippen molar-refractivity contribution in [3.8, 4) is 0 Å². The van der Waals surface area contributed by atoms with Crippen LogP contribution in [-0.2, 0) is 14.4 Å². The zero-order chi connectivity index (χ0) is 25.6. The molecule has 0 N–H and O–H groups in total. The molecule has 1 fully saturated rings. The topological polar surface area (TPSA) is 89.8 Å². The summed E-state index contributed by atoms with van der Waals surface area (Å²) < 4.78 is 0. The summed E-state index contributed by atoms with van der Waals surface area (Å²) in [5, 5.41) is 9.06. The molecule has 1 aliphatic carbocycles. The van der Waals surface area contributed by atoms with Gasteiger partial charge in [-0.25, -0.2) is 0 Å². The minimum absolute atomic E-state index is 0.0309. The average Bonchev–Trinajstić information content (AvgIpc) is 3.22. The van der Waals surface area contributed by atoms with Gasteiger partial charge in [-0.3, -0.25) is 9.59 Å². The standard InChI is InChI=1S/C16H30O.C11H20N2O4/c1-3-4-5-6-7-11-16(17)13-12-15-10-8-9-14(15)2;1-3-4-5-6-8-11(14)12(2)9-7-10-17-13(15)16/h14-15H,3-13H2,1-2H3;3-4H,5-10H2,1-2H3/b;4-3-. The number of rotatable bonds is 18. The van der Waals surface area contributed by atoms with Crippen molar-refractivity contribution >= 4 is 11.7 Å². The van der Waals surface area contributed by atoms with E-state index in [1.165, 1.54) is 44.9 Å². The van der Waals surface area contributed by atoms with Crippen LogP contribution >= 0.6 is 0 Å². The first kappa shape index (κ1) is 32.1. The van der Waals surface area contributed by atoms with Gasteiger partial charge in [0.25, 0.3) is 5.09 Å². The first-order valence-electron chi connectivity index (χ1n) is 13.5. The monoisotopic (exact) mass is 482 g/mol. The molecule has 0 aromatic rings. The number of ketones is 1. The number of carbonyl (C=O) groups is 2. The predicted molar refractivity (Wildman–Crippen MR) is 138 cm³/mol. The van der Waals surface area contributed by atoms with E-state index in [0.29, 0.717) is 25.2 Å². The molecule has 198 valence electrons. The van der Waals surface area contributed by atoms with Crippen LogP contribution in [0.1, 0.15) is 117 Å². The Balaban J connectivity index is 0.000000641. The second kappa shape index (κ2) is 21.6. The van der Waals surface area contributed by atoms with E-state index in [1.54, 1.807) is 11.9 Å². The quantitative estimate of drug-likeness (QED) is 0.0915. The molecule has 7 nitrogen and oxygen atoms in total. The second-order valence-corrected chi connectivity index (χ2v) is 9.60. The van der Waals surface area contributed by atoms with Gasteiger partial charge in [0.05, 0.1) is 6.61 Å². The molecule has 1 aliphatic rings. The van der Waals surface area contributed by atoms with E-state index in [-0.39, 0.29) is 12.5 Å². The molecule has 1 rings (SSSR count). The zero-order valence-electron chi connectivity index (χ0n) is 22.3. The van der Waals surface area contributed by atoms with Crippen molar-refractivity contribution in [2.24, 2.45) is 11.8 Å². The molecule has 0 bridgehead atoms. The molecule has 2 atom stereocenters. The molecule has 0 saturated heterocycles. The Morgan fingerprint density at radius 2 is 1.79 bits per heavy atom. The van der Waals surface area contributed by atoms with Crippen molar-refractivity contribution in [2.75, 3.05) is 20.2 Å². The predicted octanol–water partition coefficient (Wildman–Crippen LogP) is 6.92. The van der Waals surface area contributed by atoms with Gasteiger partial charge < -0.3 is 9.74 Å². The molecule has 1 saturated carbocycles. The van der Waals surface area contributed by atoms with Gasteiger partial charge in [0, 0.05) is 32.9 Å². The summed E-state index contributed by atoms with van der Waals surface area (Å²) in [4.78, 5) is 38.9. The Hall–Kier alpha value is -1.92. The normalized spacial score (nSPS) is 17.3. The highest BCUT2D eigenvalue weighted by Crippen LogP contribution is 2.34. The number of Topliss-reactive ketones (excluding diaryl/α,β-unsaturated/α-hetero) is 1. The van der Waals surface area contributed by atoms with Crippen LogP contribution in [0.2, 0.25) is 0 Å². The molecule has 7 heteroatoms. The third-order valence-corrected chi connectivity index (χ3v) is 6.65. The molecule has 0 aromatic heterocycles. The van der Waals surface area contributed by atoms with Crippen LogP contribution < -0.4 is 0 Å². The summed E-state index contributed by atoms with van der Waals surface area (Å²) in [5.41, 5.74) is 0. The summed E-state index contributed by atoms with van der Waals surface area (Å²) >= 11 is 0. The lowest BCUT2D eigenvalue weighted by Gasteiger charge is -2.16. The van der Waals surface area contributed by atoms with E-state index in [9.17, 15) is 19.7 Å². The van der Waals surface area contributed by atoms with Gasteiger partial charge in [0.2, 0.25) is 5.91 Å². The van der Waals surface area contributed by atoms with Crippen molar-refractivity contribution in [3.63, 3.8) is 0 Å². The van der Waals surface area contributed by atoms with Gasteiger partial charge in [-0.2, -0.15) is 0 Å². The fourth-order valence-electron chi connectivity index (χ4n) is 4.34. The highest BCUT2D eigenvalue weighted by atomic mass is 16.9. The highest BCUT2D eigenvalue weighted by Gasteiger charge is 2.23. The van der Waals surface area contributed by atoms with Crippen LogP contribution in [0.3, 0.4) is 0 Å². The Labute approximate surface area is 207 Å². The summed E-state index contributed by atoms with van der Waals surface area (Å²) in [6.07, 6.45) is 20.0. The maximum absolute atomic E-state index is 11.7. The number of hydrogen-bond acceptors (Lipinski definition) is 5. The third kappa shape index (κ3) is 18.5. The second-order valence-electron chi connectivity index (χ2n) is 9.60. The van der Waals surface area contributed by atoms with Gasteiger partial charge in [-0.15, -0.1) is 10.1 Å². The van der Waals surface area contributed by atoms with Gasteiger partial charge in [0.15, 0.2) is 0 Å². The first-order valence-corrected chi connectivity index (χ1v) is 13.5. The molecule has 0 heterocycles. The van der Waals surface area contributed by atoms with E-state index < -0.39 is 5.09 Å². The van der Waals surface area contributed by atoms with Crippen LogP contribution in [0.4, 0.5) is 0 Å². The van der Waals surface area contributed by atoms with Crippen LogP contribution in [0.15, 0.2) is 12.2 Å². The van der Waals surface area contributed by atoms with E-state index >= 15 is 0 Å². The summed E-state index contributed by atoms with van der Waals surface area (Å²) in [5.74, 6) is 2.29. The van der Waals surface area contributed by atoms with Crippen molar-refractivity contribution < 1.29 is 19.5 Å². The molecular formula is C27H50N2O5. The largest absolute Gasteiger partial charge is 0.346 e. The van der Waals surface area contributed by atoms with Crippen molar-refractivity contribution in [1.82, 2.24) is 4.90 Å². The molecule has 0 radical (unpaired) electrons. The maximum atomic E-state index is 11.7. The van der Waals surface area contributed by atoms with E-state index in [2.05, 4.69) is 18.7 Å². The van der Waals surface area contributed by atoms with Crippen LogP contribution in [0.5, 0.6) is 0 Å². The lowest BCUT2D eigenvalue weighted by molar-refractivity contribution is -0.757. The highest BCUT2D eigenvalue weighted by molar-refractivity contribution is 5.78. The van der Waals surface area contributed by atoms with Gasteiger partial charge >= 0.3 is 0 Å². The SMILES string of the molecule is C/C=C\CCCC(=O)N(C)CCCO[N+](=O)[O-].CCCCCCCC(=O)CCC1CCCC1C. The van der Waals surface area contributed by atoms with Gasteiger partial charge in [0.1, 0.15) is 5.78 Å². The molecule has 0 aliphatic heterocycles. The first-order chi connectivity index (χ1) is 16.3. The molecule has 0 aromatic carbocycles. The number of hydrogen-bond donors (Lipinski definition) is 0. The smallest absolute Gasteiger partial charge is 0.294 e. The van der Waals surface area contributed by atoms with Crippen LogP contribution in [0.25, 0.3) is 0 Å². The minimum atomic E-state index is -0.821. The lowest BCUT2D eigenvalue weighted by atomic mass is 9.91. The Morgan fingerprint density at radius 1 is 1.06 bits per heavy atom. The van der Waals surface area contributed by atoms with Gasteiger partial charge in [-0.1, -0.05) is 70.9 Å². The molecule has 1 amide bonds. The van der Waals surface area contributed by atoms with Crippen molar-refractivity contribution in [3.05, 3.63) is 22.3 Å². The Bertz CT molecular complexity index is 579. The average molecular weight is 483 g/mol. The summed E-state index contributed by atoms with van der Waals surface area (Å²) in [6.45, 7) is 7.05. The summed E-state index contributed by atoms with van der Waals surface area (Å²) in [6, 6.07) is 0. The number of amides is 1. The molecular weight excluding hydrogens is 432 g/mol. The maximum Gasteiger partial charge on any atom is 0.294 e. The Kier molecular flexibility index (Phi) is 20.4. The van der Waals surface area contributed by atoms with E-state index in [4.69, 9.17) is 0 Å². The van der Waals surface area contributed by atoms with Gasteiger partial charge in [-0.05, 0) is 50.9 Å². The molecule has 0 spiro atoms. The molecule has 34 heavy (non-hydrogen) atoms. The van der Waals surface area contributed by atoms with E-state index in [0.717, 1.165) is 50.4 Å². The summed E-state index contributed by atoms with van der Waals surface area (Å²) in [7, 11) is 1.70. The number of unbranched alkanes of at least 4 members (excludes halogenated alkanes) is 5. The Morgan fingerprint density at radius 3 is 2.41 bits per heavy atom. The third-order valence-electron chi connectivity index (χ3n) is 6.65. The number of carbonyl (C=O) groups excluding carboxylic acids is 2. The molecule has 2 unspecified atom stereocenters. The lowest BCUT2D eigenvalue weighted by Crippen LogP contribution is -2.28. The van der Waals surface area contributed by atoms with Crippen LogP contribution in [0, 0.1) is 22.0 Å². The number of allylic oxidation sites excluding steroid dienone is 2.